The van der Waals surface area contributed by atoms with Crippen LogP contribution < -0.4 is 0 Å². The third kappa shape index (κ3) is 10.4. The van der Waals surface area contributed by atoms with Crippen LogP contribution in [0, 0.1) is 0 Å². The summed E-state index contributed by atoms with van der Waals surface area (Å²) < 4.78 is 1.32. The Bertz CT molecular complexity index is 403. The maximum absolute atomic E-state index is 2.34. The second-order valence-corrected chi connectivity index (χ2v) is 8.34. The lowest BCUT2D eigenvalue weighted by molar-refractivity contribution is -0.941. The Morgan fingerprint density at radius 3 is 1.54 bits per heavy atom. The molecule has 0 N–H and O–H groups in total. The van der Waals surface area contributed by atoms with Crippen LogP contribution >= 0.6 is 0 Å². The van der Waals surface area contributed by atoms with Gasteiger partial charge in [-0.1, -0.05) is 102 Å². The summed E-state index contributed by atoms with van der Waals surface area (Å²) in [4.78, 5) is 0. The highest BCUT2D eigenvalue weighted by Gasteiger charge is 2.26. The molecule has 0 aliphatic rings. The van der Waals surface area contributed by atoms with Gasteiger partial charge in [0.1, 0.15) is 6.54 Å². The van der Waals surface area contributed by atoms with Crippen molar-refractivity contribution in [1.82, 2.24) is 0 Å². The highest BCUT2D eigenvalue weighted by atomic mass is 15.3. The van der Waals surface area contributed by atoms with Crippen molar-refractivity contribution in [2.75, 3.05) is 19.6 Å². The Balaban J connectivity index is 2.54. The fourth-order valence-corrected chi connectivity index (χ4v) is 4.11. The Kier molecular flexibility index (Phi) is 13.6. The van der Waals surface area contributed by atoms with Crippen LogP contribution in [0.25, 0.3) is 0 Å². The molecule has 1 rings (SSSR count). The number of unbranched alkanes of at least 4 members (excludes halogenated alkanes) is 9. The van der Waals surface area contributed by atoms with Crippen molar-refractivity contribution < 1.29 is 4.48 Å². The van der Waals surface area contributed by atoms with Gasteiger partial charge in [-0.15, -0.1) is 0 Å². The van der Waals surface area contributed by atoms with Crippen LogP contribution in [0.15, 0.2) is 30.3 Å². The van der Waals surface area contributed by atoms with Crippen molar-refractivity contribution in [3.8, 4) is 0 Å². The number of hydrogen-bond acceptors (Lipinski definition) is 0. The molecule has 0 saturated carbocycles. The molecule has 0 fully saturated rings. The van der Waals surface area contributed by atoms with Gasteiger partial charge in [-0.25, -0.2) is 0 Å². The summed E-state index contributed by atoms with van der Waals surface area (Å²) in [7, 11) is 0. The summed E-state index contributed by atoms with van der Waals surface area (Å²) >= 11 is 0. The van der Waals surface area contributed by atoms with E-state index in [0.717, 1.165) is 0 Å². The molecule has 0 spiro atoms. The summed E-state index contributed by atoms with van der Waals surface area (Å²) in [6.45, 7) is 12.3. The molecule has 1 heteroatoms. The first-order valence-corrected chi connectivity index (χ1v) is 11.7. The van der Waals surface area contributed by atoms with Crippen LogP contribution in [0.4, 0.5) is 0 Å². The Hall–Kier alpha value is -0.820. The monoisotopic (exact) mass is 360 g/mol. The topological polar surface area (TPSA) is 0 Å². The second kappa shape index (κ2) is 15.3. The average Bonchev–Trinajstić information content (AvgIpc) is 2.67. The van der Waals surface area contributed by atoms with E-state index in [1.54, 1.807) is 0 Å². The molecule has 0 saturated heterocycles. The zero-order valence-corrected chi connectivity index (χ0v) is 18.1. The molecule has 0 aliphatic carbocycles. The zero-order chi connectivity index (χ0) is 18.9. The number of benzene rings is 1. The quantitative estimate of drug-likeness (QED) is 0.197. The van der Waals surface area contributed by atoms with Gasteiger partial charge in [0.15, 0.2) is 0 Å². The first-order chi connectivity index (χ1) is 12.8. The molecule has 1 aromatic carbocycles. The highest BCUT2D eigenvalue weighted by Crippen LogP contribution is 2.21. The van der Waals surface area contributed by atoms with Crippen LogP contribution in [-0.2, 0) is 6.54 Å². The standard InChI is InChI=1S/C25H46N/c1-4-7-10-11-12-13-14-18-23-26(21-8-5-2,22-9-6-3)24-25-19-16-15-17-20-25/h15-17,19-20H,4-14,18,21-24H2,1-3H3/q+1. The molecular weight excluding hydrogens is 314 g/mol. The van der Waals surface area contributed by atoms with E-state index in [0.29, 0.717) is 0 Å². The first kappa shape index (κ1) is 23.2. The van der Waals surface area contributed by atoms with E-state index in [2.05, 4.69) is 51.1 Å². The molecule has 0 aliphatic heterocycles. The fourth-order valence-electron chi connectivity index (χ4n) is 4.11. The number of nitrogens with zero attached hydrogens (tertiary/aromatic N) is 1. The van der Waals surface area contributed by atoms with Crippen molar-refractivity contribution in [2.24, 2.45) is 0 Å². The molecule has 0 aromatic heterocycles. The van der Waals surface area contributed by atoms with E-state index in [9.17, 15) is 0 Å². The van der Waals surface area contributed by atoms with Gasteiger partial charge in [0.2, 0.25) is 0 Å². The van der Waals surface area contributed by atoms with Gasteiger partial charge in [-0.05, 0) is 25.7 Å². The van der Waals surface area contributed by atoms with Crippen molar-refractivity contribution in [2.45, 2.75) is 104 Å². The maximum atomic E-state index is 2.34. The average molecular weight is 361 g/mol. The zero-order valence-electron chi connectivity index (χ0n) is 18.1. The third-order valence-electron chi connectivity index (χ3n) is 5.82. The minimum Gasteiger partial charge on any atom is -0.320 e. The fraction of sp³-hybridized carbons (Fsp3) is 0.760. The largest absolute Gasteiger partial charge is 0.320 e. The molecule has 0 bridgehead atoms. The minimum absolute atomic E-state index is 1.23. The predicted octanol–water partition coefficient (Wildman–Crippen LogP) is 7.74. The molecule has 0 amide bonds. The van der Waals surface area contributed by atoms with E-state index in [1.807, 2.05) is 0 Å². The highest BCUT2D eigenvalue weighted by molar-refractivity contribution is 5.13. The molecule has 0 unspecified atom stereocenters. The van der Waals surface area contributed by atoms with Gasteiger partial charge < -0.3 is 4.48 Å². The molecular formula is C25H46N+. The van der Waals surface area contributed by atoms with Gasteiger partial charge in [-0.3, -0.25) is 0 Å². The molecule has 0 radical (unpaired) electrons. The lowest BCUT2D eigenvalue weighted by Crippen LogP contribution is -2.49. The third-order valence-corrected chi connectivity index (χ3v) is 5.82. The van der Waals surface area contributed by atoms with Crippen LogP contribution in [0.1, 0.15) is 103 Å². The molecule has 0 heterocycles. The van der Waals surface area contributed by atoms with Gasteiger partial charge in [-0.2, -0.15) is 0 Å². The van der Waals surface area contributed by atoms with Crippen LogP contribution in [0.3, 0.4) is 0 Å². The van der Waals surface area contributed by atoms with E-state index >= 15 is 0 Å². The molecule has 150 valence electrons. The van der Waals surface area contributed by atoms with Crippen LogP contribution in [0.5, 0.6) is 0 Å². The first-order valence-electron chi connectivity index (χ1n) is 11.7. The minimum atomic E-state index is 1.23. The van der Waals surface area contributed by atoms with Crippen LogP contribution in [-0.4, -0.2) is 24.1 Å². The SMILES string of the molecule is CCCCCCCCCC[N+](CCCC)(CCCC)Cc1ccccc1. The normalized spacial score (nSPS) is 11.8. The van der Waals surface area contributed by atoms with Gasteiger partial charge in [0.25, 0.3) is 0 Å². The number of rotatable bonds is 17. The second-order valence-electron chi connectivity index (χ2n) is 8.34. The smallest absolute Gasteiger partial charge is 0.104 e. The van der Waals surface area contributed by atoms with E-state index in [1.165, 1.54) is 113 Å². The lowest BCUT2D eigenvalue weighted by Gasteiger charge is -2.39. The number of hydrogen-bond donors (Lipinski definition) is 0. The predicted molar refractivity (Wildman–Crippen MR) is 117 cm³/mol. The summed E-state index contributed by atoms with van der Waals surface area (Å²) in [5.41, 5.74) is 1.53. The lowest BCUT2D eigenvalue weighted by atomic mass is 10.1. The number of quaternary nitrogens is 1. The van der Waals surface area contributed by atoms with Crippen molar-refractivity contribution in [1.29, 1.82) is 0 Å². The van der Waals surface area contributed by atoms with Crippen molar-refractivity contribution in [3.63, 3.8) is 0 Å². The summed E-state index contributed by atoms with van der Waals surface area (Å²) in [6.07, 6.45) is 16.8. The molecule has 1 nitrogen and oxygen atoms in total. The maximum Gasteiger partial charge on any atom is 0.104 e. The molecule has 1 aromatic rings. The van der Waals surface area contributed by atoms with Gasteiger partial charge in [0, 0.05) is 5.56 Å². The Morgan fingerprint density at radius 2 is 1.00 bits per heavy atom. The van der Waals surface area contributed by atoms with Crippen molar-refractivity contribution in [3.05, 3.63) is 35.9 Å². The van der Waals surface area contributed by atoms with E-state index in [4.69, 9.17) is 0 Å². The Morgan fingerprint density at radius 1 is 0.538 bits per heavy atom. The van der Waals surface area contributed by atoms with Crippen molar-refractivity contribution >= 4 is 0 Å². The van der Waals surface area contributed by atoms with E-state index < -0.39 is 0 Å². The summed E-state index contributed by atoms with van der Waals surface area (Å²) in [5.74, 6) is 0. The van der Waals surface area contributed by atoms with E-state index in [-0.39, 0.29) is 0 Å². The summed E-state index contributed by atoms with van der Waals surface area (Å²) in [5, 5.41) is 0. The molecule has 0 atom stereocenters. The molecule has 26 heavy (non-hydrogen) atoms. The summed E-state index contributed by atoms with van der Waals surface area (Å²) in [6, 6.07) is 11.2. The Labute approximate surface area is 164 Å². The van der Waals surface area contributed by atoms with Crippen LogP contribution in [0.2, 0.25) is 0 Å². The van der Waals surface area contributed by atoms with Gasteiger partial charge >= 0.3 is 0 Å². The van der Waals surface area contributed by atoms with Gasteiger partial charge in [0.05, 0.1) is 19.6 Å².